The molecule has 3 atom stereocenters. The molecule has 0 radical (unpaired) electrons. The quantitative estimate of drug-likeness (QED) is 0.846. The first-order valence-corrected chi connectivity index (χ1v) is 6.51. The molecule has 2 N–H and O–H groups in total. The fourth-order valence-corrected chi connectivity index (χ4v) is 3.49. The smallest absolute Gasteiger partial charge is 0.146 e. The number of rotatable bonds is 1. The number of halogens is 1. The van der Waals surface area contributed by atoms with Crippen molar-refractivity contribution < 1.29 is 0 Å². The van der Waals surface area contributed by atoms with Gasteiger partial charge in [0, 0.05) is 25.3 Å². The summed E-state index contributed by atoms with van der Waals surface area (Å²) in [7, 11) is 0. The fourth-order valence-electron chi connectivity index (χ4n) is 3.02. The summed E-state index contributed by atoms with van der Waals surface area (Å²) in [6.45, 7) is 2.13. The van der Waals surface area contributed by atoms with Crippen LogP contribution < -0.4 is 10.6 Å². The van der Waals surface area contributed by atoms with Crippen LogP contribution in [0.3, 0.4) is 0 Å². The van der Waals surface area contributed by atoms with Gasteiger partial charge in [-0.25, -0.2) is 9.97 Å². The maximum atomic E-state index is 6.13. The molecule has 0 amide bonds. The lowest BCUT2D eigenvalue weighted by molar-refractivity contribution is 0.453. The lowest BCUT2D eigenvalue weighted by Gasteiger charge is -2.20. The number of aromatic nitrogens is 2. The highest BCUT2D eigenvalue weighted by atomic mass is 79.9. The van der Waals surface area contributed by atoms with Gasteiger partial charge >= 0.3 is 0 Å². The molecular weight excluding hydrogens is 268 g/mol. The number of nitrogens with two attached hydrogens (primary N) is 1. The van der Waals surface area contributed by atoms with Crippen LogP contribution in [0.25, 0.3) is 0 Å². The molecule has 1 aliphatic heterocycles. The Hall–Kier alpha value is -0.680. The normalized spacial score (nSPS) is 33.1. The van der Waals surface area contributed by atoms with E-state index in [-0.39, 0.29) is 0 Å². The zero-order valence-electron chi connectivity index (χ0n) is 9.01. The third-order valence-corrected chi connectivity index (χ3v) is 4.42. The van der Waals surface area contributed by atoms with Crippen LogP contribution in [0.1, 0.15) is 12.8 Å². The summed E-state index contributed by atoms with van der Waals surface area (Å²) in [6.07, 6.45) is 5.86. The SMILES string of the molecule is NC1CCC2CN(c3ncncc3Br)CC12. The van der Waals surface area contributed by atoms with Crippen LogP contribution in [0.15, 0.2) is 17.0 Å². The average molecular weight is 283 g/mol. The van der Waals surface area contributed by atoms with Gasteiger partial charge in [-0.15, -0.1) is 0 Å². The monoisotopic (exact) mass is 282 g/mol. The van der Waals surface area contributed by atoms with Gasteiger partial charge in [-0.2, -0.15) is 0 Å². The second-order valence-corrected chi connectivity index (χ2v) is 5.62. The van der Waals surface area contributed by atoms with Crippen molar-refractivity contribution in [3.63, 3.8) is 0 Å². The standard InChI is InChI=1S/C11H15BrN4/c12-9-3-14-6-15-11(9)16-4-7-1-2-10(13)8(7)5-16/h3,6-8,10H,1-2,4-5,13H2. The fraction of sp³-hybridized carbons (Fsp3) is 0.636. The van der Waals surface area contributed by atoms with Crippen molar-refractivity contribution in [3.8, 4) is 0 Å². The average Bonchev–Trinajstić information content (AvgIpc) is 2.82. The first-order valence-electron chi connectivity index (χ1n) is 5.71. The lowest BCUT2D eigenvalue weighted by Crippen LogP contribution is -2.30. The van der Waals surface area contributed by atoms with Crippen LogP contribution in [0.2, 0.25) is 0 Å². The first-order chi connectivity index (χ1) is 7.75. The Kier molecular flexibility index (Phi) is 2.59. The Balaban J connectivity index is 1.82. The number of hydrogen-bond donors (Lipinski definition) is 1. The molecule has 1 aliphatic carbocycles. The lowest BCUT2D eigenvalue weighted by atomic mass is 9.98. The minimum atomic E-state index is 0.385. The van der Waals surface area contributed by atoms with Crippen molar-refractivity contribution >= 4 is 21.7 Å². The maximum Gasteiger partial charge on any atom is 0.146 e. The summed E-state index contributed by atoms with van der Waals surface area (Å²) in [6, 6.07) is 0.385. The Morgan fingerprint density at radius 1 is 1.38 bits per heavy atom. The molecule has 2 fully saturated rings. The zero-order valence-corrected chi connectivity index (χ0v) is 10.6. The van der Waals surface area contributed by atoms with E-state index >= 15 is 0 Å². The topological polar surface area (TPSA) is 55.0 Å². The van der Waals surface area contributed by atoms with Gasteiger partial charge in [0.15, 0.2) is 0 Å². The Labute approximate surface area is 103 Å². The van der Waals surface area contributed by atoms with Gasteiger partial charge in [0.05, 0.1) is 4.47 Å². The molecule has 4 nitrogen and oxygen atoms in total. The molecule has 1 aromatic rings. The second kappa shape index (κ2) is 3.96. The highest BCUT2D eigenvalue weighted by Gasteiger charge is 2.41. The van der Waals surface area contributed by atoms with Crippen molar-refractivity contribution in [3.05, 3.63) is 17.0 Å². The minimum Gasteiger partial charge on any atom is -0.355 e. The molecule has 0 aromatic carbocycles. The Morgan fingerprint density at radius 3 is 3.00 bits per heavy atom. The van der Waals surface area contributed by atoms with Gasteiger partial charge in [-0.3, -0.25) is 0 Å². The minimum absolute atomic E-state index is 0.385. The number of fused-ring (bicyclic) bond motifs is 1. The molecule has 2 heterocycles. The van der Waals surface area contributed by atoms with Crippen LogP contribution >= 0.6 is 15.9 Å². The van der Waals surface area contributed by atoms with Gasteiger partial charge < -0.3 is 10.6 Å². The molecule has 0 bridgehead atoms. The number of anilines is 1. The highest BCUT2D eigenvalue weighted by Crippen LogP contribution is 2.39. The molecule has 1 aromatic heterocycles. The molecule has 3 rings (SSSR count). The van der Waals surface area contributed by atoms with E-state index < -0.39 is 0 Å². The van der Waals surface area contributed by atoms with E-state index in [0.29, 0.717) is 12.0 Å². The second-order valence-electron chi connectivity index (χ2n) is 4.76. The van der Waals surface area contributed by atoms with Gasteiger partial charge in [0.1, 0.15) is 12.1 Å². The third-order valence-electron chi connectivity index (χ3n) is 3.86. The van der Waals surface area contributed by atoms with Crippen LogP contribution in [-0.4, -0.2) is 29.1 Å². The van der Waals surface area contributed by atoms with Crippen LogP contribution in [-0.2, 0) is 0 Å². The summed E-state index contributed by atoms with van der Waals surface area (Å²) in [5.41, 5.74) is 6.13. The molecule has 0 spiro atoms. The van der Waals surface area contributed by atoms with E-state index in [1.807, 2.05) is 0 Å². The van der Waals surface area contributed by atoms with Crippen molar-refractivity contribution in [2.45, 2.75) is 18.9 Å². The molecule has 86 valence electrons. The van der Waals surface area contributed by atoms with Gasteiger partial charge in [0.25, 0.3) is 0 Å². The van der Waals surface area contributed by atoms with E-state index in [4.69, 9.17) is 5.73 Å². The Bertz CT molecular complexity index is 397. The van der Waals surface area contributed by atoms with Crippen molar-refractivity contribution in [1.29, 1.82) is 0 Å². The highest BCUT2D eigenvalue weighted by molar-refractivity contribution is 9.10. The summed E-state index contributed by atoms with van der Waals surface area (Å²) in [4.78, 5) is 10.7. The number of hydrogen-bond acceptors (Lipinski definition) is 4. The zero-order chi connectivity index (χ0) is 11.1. The summed E-state index contributed by atoms with van der Waals surface area (Å²) in [5, 5.41) is 0. The summed E-state index contributed by atoms with van der Waals surface area (Å²) in [5.74, 6) is 2.43. The molecule has 5 heteroatoms. The van der Waals surface area contributed by atoms with Crippen molar-refractivity contribution in [1.82, 2.24) is 9.97 Å². The predicted octanol–water partition coefficient (Wildman–Crippen LogP) is 1.41. The molecule has 3 unspecified atom stereocenters. The van der Waals surface area contributed by atoms with Gasteiger partial charge in [-0.05, 0) is 40.6 Å². The molecule has 1 saturated carbocycles. The molecule has 1 saturated heterocycles. The van der Waals surface area contributed by atoms with E-state index in [1.54, 1.807) is 12.5 Å². The summed E-state index contributed by atoms with van der Waals surface area (Å²) >= 11 is 3.50. The first kappa shape index (κ1) is 10.5. The van der Waals surface area contributed by atoms with Gasteiger partial charge in [-0.1, -0.05) is 0 Å². The molecular formula is C11H15BrN4. The van der Waals surface area contributed by atoms with Crippen molar-refractivity contribution in [2.75, 3.05) is 18.0 Å². The van der Waals surface area contributed by atoms with Crippen molar-refractivity contribution in [2.24, 2.45) is 17.6 Å². The molecule has 16 heavy (non-hydrogen) atoms. The van der Waals surface area contributed by atoms with E-state index in [1.165, 1.54) is 12.8 Å². The van der Waals surface area contributed by atoms with Crippen LogP contribution in [0, 0.1) is 11.8 Å². The Morgan fingerprint density at radius 2 is 2.25 bits per heavy atom. The summed E-state index contributed by atoms with van der Waals surface area (Å²) < 4.78 is 0.976. The van der Waals surface area contributed by atoms with Gasteiger partial charge in [0.2, 0.25) is 0 Å². The van der Waals surface area contributed by atoms with Crippen LogP contribution in [0.4, 0.5) is 5.82 Å². The largest absolute Gasteiger partial charge is 0.355 e. The maximum absolute atomic E-state index is 6.13. The van der Waals surface area contributed by atoms with Crippen LogP contribution in [0.5, 0.6) is 0 Å². The van der Waals surface area contributed by atoms with E-state index in [9.17, 15) is 0 Å². The molecule has 2 aliphatic rings. The predicted molar refractivity (Wildman–Crippen MR) is 66.1 cm³/mol. The number of nitrogens with zero attached hydrogens (tertiary/aromatic N) is 3. The van der Waals surface area contributed by atoms with E-state index in [2.05, 4.69) is 30.8 Å². The third kappa shape index (κ3) is 1.62. The van der Waals surface area contributed by atoms with E-state index in [0.717, 1.165) is 29.3 Å².